The maximum absolute atomic E-state index is 13.5. The first-order chi connectivity index (χ1) is 12.5. The first-order valence-electron chi connectivity index (χ1n) is 7.92. The number of nitrogens with zero attached hydrogens (tertiary/aromatic N) is 4. The van der Waals surface area contributed by atoms with Gasteiger partial charge in [-0.1, -0.05) is 0 Å². The van der Waals surface area contributed by atoms with Crippen LogP contribution in [0.1, 0.15) is 21.0 Å². The van der Waals surface area contributed by atoms with Crippen molar-refractivity contribution < 1.29 is 23.8 Å². The monoisotopic (exact) mass is 360 g/mol. The lowest BCUT2D eigenvalue weighted by atomic mass is 10.2. The van der Waals surface area contributed by atoms with E-state index in [0.29, 0.717) is 26.2 Å². The number of benzene rings is 1. The van der Waals surface area contributed by atoms with E-state index in [1.54, 1.807) is 17.0 Å². The van der Waals surface area contributed by atoms with Crippen molar-refractivity contribution in [3.63, 3.8) is 0 Å². The summed E-state index contributed by atoms with van der Waals surface area (Å²) in [5.74, 6) is -1.74. The summed E-state index contributed by atoms with van der Waals surface area (Å²) in [6.07, 6.45) is 2.24. The molecule has 0 unspecified atom stereocenters. The molecule has 1 aliphatic rings. The van der Waals surface area contributed by atoms with Crippen LogP contribution in [0.4, 0.5) is 10.1 Å². The number of carboxylic acids is 1. The Hall–Kier alpha value is -3.23. The van der Waals surface area contributed by atoms with Crippen molar-refractivity contribution in [2.24, 2.45) is 0 Å². The highest BCUT2D eigenvalue weighted by atomic mass is 19.1. The van der Waals surface area contributed by atoms with E-state index in [0.717, 1.165) is 11.9 Å². The zero-order valence-corrected chi connectivity index (χ0v) is 14.1. The normalized spacial score (nSPS) is 14.2. The zero-order chi connectivity index (χ0) is 18.7. The molecule has 1 aromatic carbocycles. The van der Waals surface area contributed by atoms with Gasteiger partial charge < -0.3 is 19.6 Å². The van der Waals surface area contributed by atoms with Crippen LogP contribution < -0.4 is 9.64 Å². The summed E-state index contributed by atoms with van der Waals surface area (Å²) in [7, 11) is 1.41. The molecule has 1 saturated heterocycles. The minimum atomic E-state index is -1.19. The zero-order valence-electron chi connectivity index (χ0n) is 14.1. The largest absolute Gasteiger partial charge is 0.494 e. The van der Waals surface area contributed by atoms with Gasteiger partial charge in [-0.05, 0) is 12.1 Å². The molecule has 1 N–H and O–H groups in total. The van der Waals surface area contributed by atoms with Crippen molar-refractivity contribution in [2.75, 3.05) is 38.2 Å². The molecule has 1 aliphatic heterocycles. The number of piperazine rings is 1. The van der Waals surface area contributed by atoms with Gasteiger partial charge >= 0.3 is 5.97 Å². The Balaban J connectivity index is 1.64. The highest BCUT2D eigenvalue weighted by Crippen LogP contribution is 2.25. The van der Waals surface area contributed by atoms with E-state index in [1.807, 2.05) is 4.90 Å². The van der Waals surface area contributed by atoms with Gasteiger partial charge in [-0.25, -0.2) is 19.2 Å². The third-order valence-corrected chi connectivity index (χ3v) is 4.16. The molecule has 0 bridgehead atoms. The number of carbonyl (C=O) groups is 2. The summed E-state index contributed by atoms with van der Waals surface area (Å²) in [4.78, 5) is 34.5. The number of halogens is 1. The van der Waals surface area contributed by atoms with E-state index in [2.05, 4.69) is 9.97 Å². The fourth-order valence-electron chi connectivity index (χ4n) is 2.72. The van der Waals surface area contributed by atoms with Crippen molar-refractivity contribution in [1.29, 1.82) is 0 Å². The minimum absolute atomic E-state index is 0.104. The lowest BCUT2D eigenvalue weighted by molar-refractivity contribution is 0.0684. The summed E-state index contributed by atoms with van der Waals surface area (Å²) in [6, 6.07) is 4.65. The molecule has 8 nitrogen and oxygen atoms in total. The molecule has 0 radical (unpaired) electrons. The van der Waals surface area contributed by atoms with Crippen molar-refractivity contribution in [2.45, 2.75) is 0 Å². The maximum atomic E-state index is 13.5. The second-order valence-corrected chi connectivity index (χ2v) is 5.69. The average molecular weight is 360 g/mol. The summed E-state index contributed by atoms with van der Waals surface area (Å²) in [5.41, 5.74) is 0.712. The van der Waals surface area contributed by atoms with Gasteiger partial charge in [0.2, 0.25) is 0 Å². The van der Waals surface area contributed by atoms with E-state index < -0.39 is 11.8 Å². The Kier molecular flexibility index (Phi) is 4.97. The second-order valence-electron chi connectivity index (χ2n) is 5.69. The number of aromatic nitrogens is 2. The molecule has 0 atom stereocenters. The Bertz CT molecular complexity index is 820. The molecular formula is C17H17FN4O4. The first kappa shape index (κ1) is 17.6. The van der Waals surface area contributed by atoms with Crippen LogP contribution in [-0.2, 0) is 0 Å². The van der Waals surface area contributed by atoms with E-state index >= 15 is 0 Å². The van der Waals surface area contributed by atoms with Crippen LogP contribution >= 0.6 is 0 Å². The summed E-state index contributed by atoms with van der Waals surface area (Å²) in [6.45, 7) is 2.06. The van der Waals surface area contributed by atoms with Crippen LogP contribution in [0, 0.1) is 5.82 Å². The SMILES string of the molecule is COc1cc(N2CCN(C(=O)c3cnc(C(=O)O)cn3)CC2)ccc1F. The quantitative estimate of drug-likeness (QED) is 0.877. The third kappa shape index (κ3) is 3.56. The van der Waals surface area contributed by atoms with Gasteiger partial charge in [0.15, 0.2) is 17.3 Å². The van der Waals surface area contributed by atoms with Gasteiger partial charge in [-0.15, -0.1) is 0 Å². The molecule has 2 heterocycles. The number of methoxy groups -OCH3 is 1. The molecule has 1 amide bonds. The van der Waals surface area contributed by atoms with Crippen LogP contribution in [0.25, 0.3) is 0 Å². The fraction of sp³-hybridized carbons (Fsp3) is 0.294. The first-order valence-corrected chi connectivity index (χ1v) is 7.92. The number of anilines is 1. The Morgan fingerprint density at radius 1 is 1.12 bits per heavy atom. The average Bonchev–Trinajstić information content (AvgIpc) is 2.68. The minimum Gasteiger partial charge on any atom is -0.494 e. The summed E-state index contributed by atoms with van der Waals surface area (Å²) in [5, 5.41) is 8.82. The number of hydrogen-bond acceptors (Lipinski definition) is 6. The Morgan fingerprint density at radius 2 is 1.77 bits per heavy atom. The lowest BCUT2D eigenvalue weighted by Crippen LogP contribution is -2.49. The van der Waals surface area contributed by atoms with E-state index in [-0.39, 0.29) is 23.0 Å². The van der Waals surface area contributed by atoms with Crippen molar-refractivity contribution >= 4 is 17.6 Å². The van der Waals surface area contributed by atoms with Crippen LogP contribution in [0.5, 0.6) is 5.75 Å². The van der Waals surface area contributed by atoms with Gasteiger partial charge in [0, 0.05) is 37.9 Å². The molecule has 1 fully saturated rings. The Morgan fingerprint density at radius 3 is 2.35 bits per heavy atom. The van der Waals surface area contributed by atoms with Crippen LogP contribution in [0.2, 0.25) is 0 Å². The van der Waals surface area contributed by atoms with Crippen LogP contribution in [0.3, 0.4) is 0 Å². The number of aromatic carboxylic acids is 1. The van der Waals surface area contributed by atoms with Gasteiger partial charge in [0.1, 0.15) is 5.69 Å². The van der Waals surface area contributed by atoms with E-state index in [4.69, 9.17) is 9.84 Å². The van der Waals surface area contributed by atoms with Crippen molar-refractivity contribution in [3.8, 4) is 5.75 Å². The number of rotatable bonds is 4. The summed E-state index contributed by atoms with van der Waals surface area (Å²) >= 11 is 0. The number of amides is 1. The molecule has 0 saturated carbocycles. The second kappa shape index (κ2) is 7.34. The number of carbonyl (C=O) groups excluding carboxylic acids is 1. The lowest BCUT2D eigenvalue weighted by Gasteiger charge is -2.36. The topological polar surface area (TPSA) is 95.9 Å². The van der Waals surface area contributed by atoms with Gasteiger partial charge in [0.05, 0.1) is 19.5 Å². The number of carboxylic acid groups (broad SMARTS) is 1. The highest BCUT2D eigenvalue weighted by Gasteiger charge is 2.24. The van der Waals surface area contributed by atoms with E-state index in [1.165, 1.54) is 19.4 Å². The fourth-order valence-corrected chi connectivity index (χ4v) is 2.72. The third-order valence-electron chi connectivity index (χ3n) is 4.16. The molecule has 9 heteroatoms. The number of hydrogen-bond donors (Lipinski definition) is 1. The van der Waals surface area contributed by atoms with E-state index in [9.17, 15) is 14.0 Å². The van der Waals surface area contributed by atoms with Gasteiger partial charge in [-0.3, -0.25) is 4.79 Å². The van der Waals surface area contributed by atoms with Crippen molar-refractivity contribution in [1.82, 2.24) is 14.9 Å². The van der Waals surface area contributed by atoms with Crippen LogP contribution in [-0.4, -0.2) is 65.1 Å². The summed E-state index contributed by atoms with van der Waals surface area (Å²) < 4.78 is 18.5. The molecule has 3 rings (SSSR count). The highest BCUT2D eigenvalue weighted by molar-refractivity contribution is 5.93. The van der Waals surface area contributed by atoms with Crippen LogP contribution in [0.15, 0.2) is 30.6 Å². The molecule has 0 spiro atoms. The molecular weight excluding hydrogens is 343 g/mol. The number of ether oxygens (including phenoxy) is 1. The maximum Gasteiger partial charge on any atom is 0.356 e. The van der Waals surface area contributed by atoms with Crippen molar-refractivity contribution in [3.05, 3.63) is 47.8 Å². The predicted molar refractivity (Wildman–Crippen MR) is 90.1 cm³/mol. The van der Waals surface area contributed by atoms with Gasteiger partial charge in [-0.2, -0.15) is 0 Å². The molecule has 136 valence electrons. The molecule has 2 aromatic rings. The predicted octanol–water partition coefficient (Wildman–Crippen LogP) is 1.28. The standard InChI is InChI=1S/C17H17FN4O4/c1-26-15-8-11(2-3-12(15)18)21-4-6-22(7-5-21)16(23)13-9-20-14(10-19-13)17(24)25/h2-3,8-10H,4-7H2,1H3,(H,24,25). The molecule has 0 aliphatic carbocycles. The molecule has 1 aromatic heterocycles. The smallest absolute Gasteiger partial charge is 0.356 e. The Labute approximate surface area is 148 Å². The van der Waals surface area contributed by atoms with Gasteiger partial charge in [0.25, 0.3) is 5.91 Å². The molecule has 26 heavy (non-hydrogen) atoms.